The van der Waals surface area contributed by atoms with Crippen LogP contribution in [-0.2, 0) is 0 Å². The molecule has 0 saturated carbocycles. The molecule has 0 aliphatic heterocycles. The molecular weight excluding hydrogens is 338 g/mol. The van der Waals surface area contributed by atoms with Crippen molar-refractivity contribution < 1.29 is 5.11 Å². The third-order valence-electron chi connectivity index (χ3n) is 3.31. The number of nitrogens with one attached hydrogen (secondary N) is 2. The highest BCUT2D eigenvalue weighted by molar-refractivity contribution is 7.99. The van der Waals surface area contributed by atoms with Crippen LogP contribution in [0.5, 0.6) is 0 Å². The number of thiophene rings is 1. The number of aliphatic hydroxyl groups excluding tert-OH is 1. The van der Waals surface area contributed by atoms with Gasteiger partial charge in [-0.25, -0.2) is 0 Å². The zero-order chi connectivity index (χ0) is 17.2. The number of rotatable bonds is 9. The number of fused-ring (bicyclic) bond motifs is 1. The summed E-state index contributed by atoms with van der Waals surface area (Å²) >= 11 is 3.45. The van der Waals surface area contributed by atoms with Gasteiger partial charge in [0, 0.05) is 34.2 Å². The molecule has 1 heterocycles. The molecule has 0 fully saturated rings. The quantitative estimate of drug-likeness (QED) is 0.277. The van der Waals surface area contributed by atoms with Crippen molar-refractivity contribution in [3.8, 4) is 0 Å². The summed E-state index contributed by atoms with van der Waals surface area (Å²) in [6.45, 7) is 7.73. The van der Waals surface area contributed by atoms with Crippen molar-refractivity contribution >= 4 is 39.1 Å². The molecule has 0 radical (unpaired) electrons. The molecule has 2 aromatic rings. The van der Waals surface area contributed by atoms with Crippen LogP contribution in [0.25, 0.3) is 10.1 Å². The van der Waals surface area contributed by atoms with Crippen LogP contribution in [0.3, 0.4) is 0 Å². The van der Waals surface area contributed by atoms with Crippen LogP contribution in [0.2, 0.25) is 0 Å². The van der Waals surface area contributed by atoms with E-state index in [1.165, 1.54) is 10.1 Å². The SMILES string of the molecule is C=CCSCCNC(=NCC(O)c1cc2ccccc2s1)NCC. The zero-order valence-electron chi connectivity index (χ0n) is 14.0. The smallest absolute Gasteiger partial charge is 0.191 e. The third kappa shape index (κ3) is 5.85. The first-order valence-corrected chi connectivity index (χ1v) is 10.1. The summed E-state index contributed by atoms with van der Waals surface area (Å²) in [6, 6.07) is 10.2. The second-order valence-electron chi connectivity index (χ2n) is 5.21. The van der Waals surface area contributed by atoms with Gasteiger partial charge in [-0.3, -0.25) is 4.99 Å². The van der Waals surface area contributed by atoms with Gasteiger partial charge in [0.2, 0.25) is 0 Å². The van der Waals surface area contributed by atoms with Gasteiger partial charge in [-0.15, -0.1) is 17.9 Å². The number of aliphatic hydroxyl groups is 1. The summed E-state index contributed by atoms with van der Waals surface area (Å²) < 4.78 is 1.19. The Morgan fingerprint density at radius 1 is 1.42 bits per heavy atom. The monoisotopic (exact) mass is 363 g/mol. The topological polar surface area (TPSA) is 56.7 Å². The highest BCUT2D eigenvalue weighted by Gasteiger charge is 2.11. The predicted octanol–water partition coefficient (Wildman–Crippen LogP) is 3.41. The molecule has 130 valence electrons. The molecule has 0 aliphatic carbocycles. The van der Waals surface area contributed by atoms with Crippen molar-refractivity contribution in [1.82, 2.24) is 10.6 Å². The first kappa shape index (κ1) is 18.8. The Kier molecular flexibility index (Phi) is 8.15. The van der Waals surface area contributed by atoms with Crippen molar-refractivity contribution in [2.45, 2.75) is 13.0 Å². The summed E-state index contributed by atoms with van der Waals surface area (Å²) in [5.74, 6) is 2.70. The Morgan fingerprint density at radius 3 is 3.00 bits per heavy atom. The van der Waals surface area contributed by atoms with Gasteiger partial charge in [0.15, 0.2) is 5.96 Å². The van der Waals surface area contributed by atoms with Crippen molar-refractivity contribution in [2.75, 3.05) is 31.1 Å². The summed E-state index contributed by atoms with van der Waals surface area (Å²) in [7, 11) is 0. The zero-order valence-corrected chi connectivity index (χ0v) is 15.6. The number of hydrogen-bond donors (Lipinski definition) is 3. The summed E-state index contributed by atoms with van der Waals surface area (Å²) in [5, 5.41) is 18.1. The van der Waals surface area contributed by atoms with Crippen LogP contribution in [0.4, 0.5) is 0 Å². The van der Waals surface area contributed by atoms with Gasteiger partial charge in [0.25, 0.3) is 0 Å². The maximum Gasteiger partial charge on any atom is 0.191 e. The van der Waals surface area contributed by atoms with Crippen LogP contribution < -0.4 is 10.6 Å². The normalized spacial score (nSPS) is 13.0. The highest BCUT2D eigenvalue weighted by Crippen LogP contribution is 2.29. The lowest BCUT2D eigenvalue weighted by Crippen LogP contribution is -2.38. The van der Waals surface area contributed by atoms with E-state index in [9.17, 15) is 5.11 Å². The van der Waals surface area contributed by atoms with Crippen molar-refractivity contribution in [2.24, 2.45) is 4.99 Å². The second kappa shape index (κ2) is 10.4. The second-order valence-corrected chi connectivity index (χ2v) is 7.48. The Labute approximate surface area is 152 Å². The van der Waals surface area contributed by atoms with Crippen molar-refractivity contribution in [1.29, 1.82) is 0 Å². The van der Waals surface area contributed by atoms with E-state index >= 15 is 0 Å². The molecule has 0 bridgehead atoms. The average molecular weight is 364 g/mol. The largest absolute Gasteiger partial charge is 0.386 e. The molecule has 6 heteroatoms. The Balaban J connectivity index is 1.90. The van der Waals surface area contributed by atoms with Gasteiger partial charge in [0.1, 0.15) is 6.10 Å². The Bertz CT molecular complexity index is 636. The summed E-state index contributed by atoms with van der Waals surface area (Å²) in [4.78, 5) is 5.46. The summed E-state index contributed by atoms with van der Waals surface area (Å²) in [6.07, 6.45) is 1.33. The minimum atomic E-state index is -0.576. The van der Waals surface area contributed by atoms with Crippen LogP contribution in [0.15, 0.2) is 48.0 Å². The van der Waals surface area contributed by atoms with Gasteiger partial charge in [0.05, 0.1) is 6.54 Å². The number of benzene rings is 1. The van der Waals surface area contributed by atoms with E-state index in [1.807, 2.05) is 43.0 Å². The van der Waals surface area contributed by atoms with Crippen LogP contribution in [-0.4, -0.2) is 42.2 Å². The van der Waals surface area contributed by atoms with E-state index in [0.717, 1.165) is 35.4 Å². The standard InChI is InChI=1S/C18H25N3OS2/c1-3-10-23-11-9-20-18(19-4-2)21-13-15(22)17-12-14-7-5-6-8-16(14)24-17/h3,5-8,12,15,22H,1,4,9-11,13H2,2H3,(H2,19,20,21). The van der Waals surface area contributed by atoms with Gasteiger partial charge < -0.3 is 15.7 Å². The number of hydrogen-bond acceptors (Lipinski definition) is 4. The maximum absolute atomic E-state index is 10.4. The number of nitrogens with zero attached hydrogens (tertiary/aromatic N) is 1. The molecule has 4 nitrogen and oxygen atoms in total. The molecule has 3 N–H and O–H groups in total. The van der Waals surface area contributed by atoms with E-state index in [-0.39, 0.29) is 0 Å². The van der Waals surface area contributed by atoms with Crippen LogP contribution >= 0.6 is 23.1 Å². The lowest BCUT2D eigenvalue weighted by Gasteiger charge is -2.12. The van der Waals surface area contributed by atoms with E-state index in [4.69, 9.17) is 0 Å². The number of thioether (sulfide) groups is 1. The molecule has 0 aliphatic rings. The fourth-order valence-electron chi connectivity index (χ4n) is 2.18. The first-order chi connectivity index (χ1) is 11.7. The lowest BCUT2D eigenvalue weighted by molar-refractivity contribution is 0.191. The van der Waals surface area contributed by atoms with Gasteiger partial charge in [-0.2, -0.15) is 11.8 Å². The van der Waals surface area contributed by atoms with E-state index in [1.54, 1.807) is 11.3 Å². The van der Waals surface area contributed by atoms with E-state index in [2.05, 4.69) is 34.3 Å². The fourth-order valence-corrected chi connectivity index (χ4v) is 3.81. The summed E-state index contributed by atoms with van der Waals surface area (Å²) in [5.41, 5.74) is 0. The molecule has 0 spiro atoms. The molecule has 1 aromatic carbocycles. The molecule has 0 saturated heterocycles. The van der Waals surface area contributed by atoms with Crippen molar-refractivity contribution in [3.05, 3.63) is 47.9 Å². The minimum Gasteiger partial charge on any atom is -0.386 e. The highest BCUT2D eigenvalue weighted by atomic mass is 32.2. The molecule has 24 heavy (non-hydrogen) atoms. The Morgan fingerprint density at radius 2 is 2.25 bits per heavy atom. The van der Waals surface area contributed by atoms with E-state index in [0.29, 0.717) is 6.54 Å². The van der Waals surface area contributed by atoms with Crippen molar-refractivity contribution in [3.63, 3.8) is 0 Å². The van der Waals surface area contributed by atoms with Gasteiger partial charge in [-0.1, -0.05) is 24.3 Å². The van der Waals surface area contributed by atoms with E-state index < -0.39 is 6.10 Å². The predicted molar refractivity (Wildman–Crippen MR) is 108 cm³/mol. The van der Waals surface area contributed by atoms with Gasteiger partial charge in [-0.05, 0) is 24.4 Å². The molecule has 0 amide bonds. The first-order valence-electron chi connectivity index (χ1n) is 8.12. The van der Waals surface area contributed by atoms with Crippen LogP contribution in [0, 0.1) is 0 Å². The molecular formula is C18H25N3OS2. The molecule has 2 rings (SSSR count). The minimum absolute atomic E-state index is 0.349. The average Bonchev–Trinajstić information content (AvgIpc) is 3.03. The molecule has 1 unspecified atom stereocenters. The van der Waals surface area contributed by atoms with Crippen LogP contribution in [0.1, 0.15) is 17.9 Å². The third-order valence-corrected chi connectivity index (χ3v) is 5.50. The number of aliphatic imine (C=N–C) groups is 1. The molecule has 1 atom stereocenters. The molecule has 1 aromatic heterocycles. The van der Waals surface area contributed by atoms with Gasteiger partial charge >= 0.3 is 0 Å². The fraction of sp³-hybridized carbons (Fsp3) is 0.389. The number of guanidine groups is 1. The Hall–Kier alpha value is -1.50. The maximum atomic E-state index is 10.4. The lowest BCUT2D eigenvalue weighted by atomic mass is 10.2.